The highest BCUT2D eigenvalue weighted by Crippen LogP contribution is 2.23. The van der Waals surface area contributed by atoms with Crippen LogP contribution in [-0.2, 0) is 0 Å². The van der Waals surface area contributed by atoms with Gasteiger partial charge in [-0.25, -0.2) is 9.78 Å². The van der Waals surface area contributed by atoms with Crippen LogP contribution in [0.15, 0.2) is 32.8 Å². The first kappa shape index (κ1) is 12.0. The number of hydrogen-bond acceptors (Lipinski definition) is 5. The zero-order chi connectivity index (χ0) is 13.4. The molecular weight excluding hydrogens is 262 g/mol. The minimum atomic E-state index is -0.435. The number of hydrogen-bond donors (Lipinski definition) is 2. The van der Waals surface area contributed by atoms with Crippen LogP contribution in [0.5, 0.6) is 0 Å². The summed E-state index contributed by atoms with van der Waals surface area (Å²) in [7, 11) is 0. The lowest BCUT2D eigenvalue weighted by Crippen LogP contribution is -2.06. The van der Waals surface area contributed by atoms with Crippen LogP contribution in [0.25, 0.3) is 11.1 Å². The molecule has 6 heteroatoms. The molecule has 0 fully saturated rings. The molecule has 3 aromatic rings. The van der Waals surface area contributed by atoms with E-state index in [-0.39, 0.29) is 6.04 Å². The van der Waals surface area contributed by atoms with Gasteiger partial charge < -0.3 is 9.73 Å². The maximum atomic E-state index is 11.1. The van der Waals surface area contributed by atoms with E-state index in [4.69, 9.17) is 4.42 Å². The Kier molecular flexibility index (Phi) is 2.87. The third kappa shape index (κ3) is 2.39. The molecule has 2 aromatic heterocycles. The van der Waals surface area contributed by atoms with Crippen molar-refractivity contribution in [3.05, 3.63) is 44.8 Å². The maximum Gasteiger partial charge on any atom is 0.417 e. The molecule has 1 unspecified atom stereocenters. The molecule has 0 saturated carbocycles. The van der Waals surface area contributed by atoms with Gasteiger partial charge in [0.15, 0.2) is 5.58 Å². The van der Waals surface area contributed by atoms with E-state index in [0.29, 0.717) is 11.1 Å². The number of aryl methyl sites for hydroxylation is 1. The van der Waals surface area contributed by atoms with Crippen LogP contribution in [0.4, 0.5) is 5.69 Å². The van der Waals surface area contributed by atoms with E-state index in [0.717, 1.165) is 16.4 Å². The summed E-state index contributed by atoms with van der Waals surface area (Å²) in [6.45, 7) is 4.04. The van der Waals surface area contributed by atoms with E-state index in [1.807, 2.05) is 24.4 Å². The molecule has 98 valence electrons. The second-order valence-electron chi connectivity index (χ2n) is 4.38. The molecule has 0 aliphatic rings. The van der Waals surface area contributed by atoms with Gasteiger partial charge in [0.25, 0.3) is 0 Å². The second-order valence-corrected chi connectivity index (χ2v) is 5.45. The normalized spacial score (nSPS) is 12.7. The minimum absolute atomic E-state index is 0.112. The minimum Gasteiger partial charge on any atom is -0.408 e. The number of aromatic nitrogens is 2. The molecule has 0 bridgehead atoms. The lowest BCUT2D eigenvalue weighted by molar-refractivity contribution is 0.555. The first-order valence-corrected chi connectivity index (χ1v) is 6.81. The van der Waals surface area contributed by atoms with Crippen LogP contribution < -0.4 is 11.1 Å². The highest BCUT2D eigenvalue weighted by molar-refractivity contribution is 7.09. The average molecular weight is 275 g/mol. The fraction of sp³-hybridized carbons (Fsp3) is 0.231. The summed E-state index contributed by atoms with van der Waals surface area (Å²) in [4.78, 5) is 18.2. The molecule has 0 spiro atoms. The van der Waals surface area contributed by atoms with Gasteiger partial charge in [0.05, 0.1) is 22.3 Å². The molecule has 19 heavy (non-hydrogen) atoms. The van der Waals surface area contributed by atoms with Crippen molar-refractivity contribution in [2.24, 2.45) is 0 Å². The van der Waals surface area contributed by atoms with Gasteiger partial charge in [0.2, 0.25) is 0 Å². The average Bonchev–Trinajstić information content (AvgIpc) is 2.93. The zero-order valence-electron chi connectivity index (χ0n) is 10.6. The molecular formula is C13H13N3O2S. The third-order valence-corrected chi connectivity index (χ3v) is 3.67. The van der Waals surface area contributed by atoms with Crippen molar-refractivity contribution in [1.29, 1.82) is 0 Å². The number of oxazole rings is 1. The molecule has 0 aliphatic heterocycles. The Bertz CT molecular complexity index is 771. The van der Waals surface area contributed by atoms with Gasteiger partial charge in [-0.1, -0.05) is 0 Å². The van der Waals surface area contributed by atoms with Crippen LogP contribution >= 0.6 is 11.3 Å². The van der Waals surface area contributed by atoms with Gasteiger partial charge in [0, 0.05) is 11.1 Å². The van der Waals surface area contributed by atoms with E-state index in [2.05, 4.69) is 22.2 Å². The molecule has 1 aromatic carbocycles. The van der Waals surface area contributed by atoms with Crippen molar-refractivity contribution in [2.45, 2.75) is 19.9 Å². The van der Waals surface area contributed by atoms with Crippen LogP contribution in [0.2, 0.25) is 0 Å². The van der Waals surface area contributed by atoms with Gasteiger partial charge in [-0.3, -0.25) is 4.98 Å². The van der Waals surface area contributed by atoms with Gasteiger partial charge in [-0.15, -0.1) is 11.3 Å². The standard InChI is InChI=1S/C13H13N3O2S/c1-7(11-6-19-8(2)15-11)14-9-3-4-12-10(5-9)16-13(17)18-12/h3-7,14H,1-2H3,(H,16,17). The summed E-state index contributed by atoms with van der Waals surface area (Å²) in [5, 5.41) is 6.45. The lowest BCUT2D eigenvalue weighted by Gasteiger charge is -2.12. The van der Waals surface area contributed by atoms with E-state index >= 15 is 0 Å². The fourth-order valence-electron chi connectivity index (χ4n) is 1.94. The Hall–Kier alpha value is -2.08. The van der Waals surface area contributed by atoms with Crippen molar-refractivity contribution >= 4 is 28.1 Å². The van der Waals surface area contributed by atoms with Crippen LogP contribution in [0.3, 0.4) is 0 Å². The van der Waals surface area contributed by atoms with Crippen molar-refractivity contribution in [3.8, 4) is 0 Å². The van der Waals surface area contributed by atoms with E-state index in [9.17, 15) is 4.79 Å². The monoisotopic (exact) mass is 275 g/mol. The molecule has 2 N–H and O–H groups in total. The Morgan fingerprint density at radius 1 is 1.47 bits per heavy atom. The van der Waals surface area contributed by atoms with Crippen LogP contribution in [0.1, 0.15) is 23.7 Å². The molecule has 3 rings (SSSR count). The molecule has 0 saturated heterocycles. The molecule has 0 amide bonds. The number of fused-ring (bicyclic) bond motifs is 1. The summed E-state index contributed by atoms with van der Waals surface area (Å²) < 4.78 is 4.97. The molecule has 2 heterocycles. The van der Waals surface area contributed by atoms with Crippen LogP contribution in [-0.4, -0.2) is 9.97 Å². The predicted molar refractivity (Wildman–Crippen MR) is 75.7 cm³/mol. The van der Waals surface area contributed by atoms with Gasteiger partial charge >= 0.3 is 5.76 Å². The Morgan fingerprint density at radius 3 is 3.05 bits per heavy atom. The summed E-state index contributed by atoms with van der Waals surface area (Å²) in [5.74, 6) is -0.435. The molecule has 5 nitrogen and oxygen atoms in total. The number of anilines is 1. The van der Waals surface area contributed by atoms with E-state index in [1.165, 1.54) is 0 Å². The summed E-state index contributed by atoms with van der Waals surface area (Å²) >= 11 is 1.64. The number of rotatable bonds is 3. The van der Waals surface area contributed by atoms with Gasteiger partial charge in [0.1, 0.15) is 0 Å². The Morgan fingerprint density at radius 2 is 2.32 bits per heavy atom. The molecule has 0 aliphatic carbocycles. The topological polar surface area (TPSA) is 70.9 Å². The highest BCUT2D eigenvalue weighted by Gasteiger charge is 2.09. The Labute approximate surface area is 113 Å². The van der Waals surface area contributed by atoms with Crippen molar-refractivity contribution in [2.75, 3.05) is 5.32 Å². The predicted octanol–water partition coefficient (Wildman–Crippen LogP) is 3.06. The number of benzene rings is 1. The van der Waals surface area contributed by atoms with Crippen molar-refractivity contribution < 1.29 is 4.42 Å². The number of nitrogens with zero attached hydrogens (tertiary/aromatic N) is 1. The smallest absolute Gasteiger partial charge is 0.408 e. The van der Waals surface area contributed by atoms with E-state index in [1.54, 1.807) is 17.4 Å². The SMILES string of the molecule is Cc1nc(C(C)Nc2ccc3oc(=O)[nH]c3c2)cs1. The first-order valence-electron chi connectivity index (χ1n) is 5.93. The lowest BCUT2D eigenvalue weighted by atomic mass is 10.2. The quantitative estimate of drug-likeness (QED) is 0.770. The van der Waals surface area contributed by atoms with Crippen molar-refractivity contribution in [3.63, 3.8) is 0 Å². The molecule has 1 atom stereocenters. The fourth-order valence-corrected chi connectivity index (χ4v) is 2.65. The van der Waals surface area contributed by atoms with Gasteiger partial charge in [-0.2, -0.15) is 0 Å². The number of nitrogens with one attached hydrogen (secondary N) is 2. The summed E-state index contributed by atoms with van der Waals surface area (Å²) in [5.41, 5.74) is 3.19. The summed E-state index contributed by atoms with van der Waals surface area (Å²) in [6, 6.07) is 5.63. The largest absolute Gasteiger partial charge is 0.417 e. The van der Waals surface area contributed by atoms with Gasteiger partial charge in [-0.05, 0) is 32.0 Å². The zero-order valence-corrected chi connectivity index (χ0v) is 11.4. The van der Waals surface area contributed by atoms with Crippen molar-refractivity contribution in [1.82, 2.24) is 9.97 Å². The molecule has 0 radical (unpaired) electrons. The van der Waals surface area contributed by atoms with Crippen LogP contribution in [0, 0.1) is 6.92 Å². The van der Waals surface area contributed by atoms with E-state index < -0.39 is 5.76 Å². The first-order chi connectivity index (χ1) is 9.11. The second kappa shape index (κ2) is 4.55. The number of aromatic amines is 1. The highest BCUT2D eigenvalue weighted by atomic mass is 32.1. The summed E-state index contributed by atoms with van der Waals surface area (Å²) in [6.07, 6.45) is 0. The Balaban J connectivity index is 1.86. The maximum absolute atomic E-state index is 11.1. The number of H-pyrrole nitrogens is 1. The number of thiazole rings is 1. The third-order valence-electron chi connectivity index (χ3n) is 2.88.